The molecule has 1 aromatic carbocycles. The first-order valence-corrected chi connectivity index (χ1v) is 7.29. The highest BCUT2D eigenvalue weighted by molar-refractivity contribution is 5.39. The topological polar surface area (TPSA) is 21.3 Å². The molecule has 1 aromatic rings. The minimum absolute atomic E-state index is 0.532. The SMILES string of the molecule is C[C@H](NCC1COc2ccccc21)C1CCCC1. The average Bonchev–Trinajstić information content (AvgIpc) is 3.06. The molecule has 0 radical (unpaired) electrons. The van der Waals surface area contributed by atoms with E-state index in [2.05, 4.69) is 36.5 Å². The van der Waals surface area contributed by atoms with Gasteiger partial charge in [-0.1, -0.05) is 31.0 Å². The number of hydrogen-bond donors (Lipinski definition) is 1. The minimum Gasteiger partial charge on any atom is -0.493 e. The van der Waals surface area contributed by atoms with Crippen molar-refractivity contribution in [3.05, 3.63) is 29.8 Å². The third-order valence-electron chi connectivity index (χ3n) is 4.59. The van der Waals surface area contributed by atoms with Gasteiger partial charge in [0.2, 0.25) is 0 Å². The van der Waals surface area contributed by atoms with Crippen LogP contribution in [-0.2, 0) is 0 Å². The first kappa shape index (κ1) is 12.0. The molecule has 1 heterocycles. The number of nitrogens with one attached hydrogen (secondary N) is 1. The number of hydrogen-bond acceptors (Lipinski definition) is 2. The lowest BCUT2D eigenvalue weighted by Crippen LogP contribution is -2.35. The first-order chi connectivity index (χ1) is 8.84. The molecule has 18 heavy (non-hydrogen) atoms. The summed E-state index contributed by atoms with van der Waals surface area (Å²) in [4.78, 5) is 0. The van der Waals surface area contributed by atoms with Gasteiger partial charge in [-0.3, -0.25) is 0 Å². The van der Waals surface area contributed by atoms with E-state index in [0.29, 0.717) is 12.0 Å². The largest absolute Gasteiger partial charge is 0.493 e. The molecule has 0 amide bonds. The van der Waals surface area contributed by atoms with Crippen LogP contribution in [0.25, 0.3) is 0 Å². The second kappa shape index (κ2) is 5.31. The van der Waals surface area contributed by atoms with E-state index in [9.17, 15) is 0 Å². The highest BCUT2D eigenvalue weighted by atomic mass is 16.5. The van der Waals surface area contributed by atoms with Crippen molar-refractivity contribution >= 4 is 0 Å². The summed E-state index contributed by atoms with van der Waals surface area (Å²) in [7, 11) is 0. The molecule has 1 aliphatic carbocycles. The van der Waals surface area contributed by atoms with Crippen LogP contribution in [0.1, 0.15) is 44.1 Å². The average molecular weight is 245 g/mol. The highest BCUT2D eigenvalue weighted by Gasteiger charge is 2.26. The van der Waals surface area contributed by atoms with E-state index in [-0.39, 0.29) is 0 Å². The maximum atomic E-state index is 5.73. The summed E-state index contributed by atoms with van der Waals surface area (Å²) in [5.41, 5.74) is 1.38. The molecule has 1 unspecified atom stereocenters. The monoisotopic (exact) mass is 245 g/mol. The maximum Gasteiger partial charge on any atom is 0.122 e. The van der Waals surface area contributed by atoms with Gasteiger partial charge in [0, 0.05) is 24.1 Å². The van der Waals surface area contributed by atoms with Crippen molar-refractivity contribution in [2.45, 2.75) is 44.6 Å². The molecule has 98 valence electrons. The summed E-state index contributed by atoms with van der Waals surface area (Å²) in [6.45, 7) is 4.23. The van der Waals surface area contributed by atoms with Crippen molar-refractivity contribution in [1.82, 2.24) is 5.32 Å². The molecule has 2 heteroatoms. The molecule has 0 bridgehead atoms. The molecule has 1 fully saturated rings. The molecule has 1 aliphatic heterocycles. The maximum absolute atomic E-state index is 5.73. The molecule has 0 saturated heterocycles. The predicted molar refractivity (Wildman–Crippen MR) is 74.1 cm³/mol. The molecule has 3 rings (SSSR count). The van der Waals surface area contributed by atoms with Crippen molar-refractivity contribution in [2.75, 3.05) is 13.2 Å². The normalized spacial score (nSPS) is 24.8. The van der Waals surface area contributed by atoms with Crippen molar-refractivity contribution in [3.8, 4) is 5.75 Å². The first-order valence-electron chi connectivity index (χ1n) is 7.29. The summed E-state index contributed by atoms with van der Waals surface area (Å²) in [5, 5.41) is 3.73. The summed E-state index contributed by atoms with van der Waals surface area (Å²) >= 11 is 0. The fourth-order valence-corrected chi connectivity index (χ4v) is 3.35. The number of fused-ring (bicyclic) bond motifs is 1. The Hall–Kier alpha value is -1.02. The van der Waals surface area contributed by atoms with Crippen LogP contribution in [0.5, 0.6) is 5.75 Å². The van der Waals surface area contributed by atoms with Crippen molar-refractivity contribution in [2.24, 2.45) is 5.92 Å². The van der Waals surface area contributed by atoms with E-state index in [4.69, 9.17) is 4.74 Å². The Kier molecular flexibility index (Phi) is 3.55. The Morgan fingerprint density at radius 1 is 1.28 bits per heavy atom. The zero-order chi connectivity index (χ0) is 12.4. The quantitative estimate of drug-likeness (QED) is 0.878. The van der Waals surface area contributed by atoms with Crippen molar-refractivity contribution in [3.63, 3.8) is 0 Å². The van der Waals surface area contributed by atoms with E-state index < -0.39 is 0 Å². The molecule has 1 saturated carbocycles. The Labute approximate surface area is 110 Å². The van der Waals surface area contributed by atoms with Crippen LogP contribution in [-0.4, -0.2) is 19.2 Å². The zero-order valence-corrected chi connectivity index (χ0v) is 11.2. The van der Waals surface area contributed by atoms with Crippen LogP contribution in [0.15, 0.2) is 24.3 Å². The number of para-hydroxylation sites is 1. The van der Waals surface area contributed by atoms with Crippen LogP contribution in [0.3, 0.4) is 0 Å². The molecule has 1 N–H and O–H groups in total. The van der Waals surface area contributed by atoms with Gasteiger partial charge in [0.25, 0.3) is 0 Å². The van der Waals surface area contributed by atoms with Gasteiger partial charge in [-0.2, -0.15) is 0 Å². The summed E-state index contributed by atoms with van der Waals surface area (Å²) in [5.74, 6) is 2.51. The van der Waals surface area contributed by atoms with Crippen LogP contribution >= 0.6 is 0 Å². The summed E-state index contributed by atoms with van der Waals surface area (Å²) in [6, 6.07) is 9.10. The molecular weight excluding hydrogens is 222 g/mol. The van der Waals surface area contributed by atoms with Crippen LogP contribution in [0, 0.1) is 5.92 Å². The van der Waals surface area contributed by atoms with E-state index in [0.717, 1.165) is 24.8 Å². The van der Waals surface area contributed by atoms with E-state index in [1.54, 1.807) is 0 Å². The second-order valence-electron chi connectivity index (χ2n) is 5.79. The van der Waals surface area contributed by atoms with Gasteiger partial charge in [0.05, 0.1) is 6.61 Å². The van der Waals surface area contributed by atoms with Gasteiger partial charge >= 0.3 is 0 Å². The van der Waals surface area contributed by atoms with E-state index in [1.807, 2.05) is 0 Å². The number of rotatable bonds is 4. The van der Waals surface area contributed by atoms with Gasteiger partial charge in [-0.25, -0.2) is 0 Å². The van der Waals surface area contributed by atoms with Crippen LogP contribution < -0.4 is 10.1 Å². The van der Waals surface area contributed by atoms with E-state index >= 15 is 0 Å². The Morgan fingerprint density at radius 2 is 2.06 bits per heavy atom. The van der Waals surface area contributed by atoms with E-state index in [1.165, 1.54) is 31.2 Å². The fourth-order valence-electron chi connectivity index (χ4n) is 3.35. The standard InChI is InChI=1S/C16H23NO/c1-12(13-6-2-3-7-13)17-10-14-11-18-16-9-5-4-8-15(14)16/h4-5,8-9,12-14,17H,2-3,6-7,10-11H2,1H3/t12-,14?/m0/s1. The third-order valence-corrected chi connectivity index (χ3v) is 4.59. The Morgan fingerprint density at radius 3 is 2.89 bits per heavy atom. The van der Waals surface area contributed by atoms with Crippen molar-refractivity contribution < 1.29 is 4.74 Å². The fraction of sp³-hybridized carbons (Fsp3) is 0.625. The molecule has 0 spiro atoms. The van der Waals surface area contributed by atoms with Crippen LogP contribution in [0.4, 0.5) is 0 Å². The summed E-state index contributed by atoms with van der Waals surface area (Å²) in [6.07, 6.45) is 5.66. The van der Waals surface area contributed by atoms with Gasteiger partial charge in [0.1, 0.15) is 5.75 Å². The predicted octanol–water partition coefficient (Wildman–Crippen LogP) is 3.33. The summed E-state index contributed by atoms with van der Waals surface area (Å²) < 4.78 is 5.73. The number of ether oxygens (including phenoxy) is 1. The lowest BCUT2D eigenvalue weighted by atomic mass is 9.97. The van der Waals surface area contributed by atoms with Crippen molar-refractivity contribution in [1.29, 1.82) is 0 Å². The van der Waals surface area contributed by atoms with Gasteiger partial charge < -0.3 is 10.1 Å². The zero-order valence-electron chi connectivity index (χ0n) is 11.2. The highest BCUT2D eigenvalue weighted by Crippen LogP contribution is 2.33. The lowest BCUT2D eigenvalue weighted by Gasteiger charge is -2.22. The Bertz CT molecular complexity index is 398. The van der Waals surface area contributed by atoms with Gasteiger partial charge in [0.15, 0.2) is 0 Å². The molecule has 2 aliphatic rings. The molecule has 2 atom stereocenters. The lowest BCUT2D eigenvalue weighted by molar-refractivity contribution is 0.311. The molecular formula is C16H23NO. The smallest absolute Gasteiger partial charge is 0.122 e. The second-order valence-corrected chi connectivity index (χ2v) is 5.79. The molecule has 0 aromatic heterocycles. The third kappa shape index (κ3) is 2.39. The van der Waals surface area contributed by atoms with Gasteiger partial charge in [-0.05, 0) is 31.7 Å². The Balaban J connectivity index is 1.55. The van der Waals surface area contributed by atoms with Gasteiger partial charge in [-0.15, -0.1) is 0 Å². The number of benzene rings is 1. The minimum atomic E-state index is 0.532. The molecule has 2 nitrogen and oxygen atoms in total. The van der Waals surface area contributed by atoms with Crippen LogP contribution in [0.2, 0.25) is 0 Å².